The predicted molar refractivity (Wildman–Crippen MR) is 74.9 cm³/mol. The molecule has 1 amide bonds. The van der Waals surface area contributed by atoms with Gasteiger partial charge in [-0.05, 0) is 25.2 Å². The first-order chi connectivity index (χ1) is 9.04. The second kappa shape index (κ2) is 8.18. The Morgan fingerprint density at radius 1 is 1.32 bits per heavy atom. The molecule has 0 saturated heterocycles. The largest absolute Gasteiger partial charge is 0.481 e. The van der Waals surface area contributed by atoms with Gasteiger partial charge in [-0.1, -0.05) is 32.6 Å². The standard InChI is InChI=1S/C15H27NO3/c1-3-13(11-12-7-4-5-8-12)15(19)16(2)10-6-9-14(17)18/h12-13H,3-11H2,1-2H3,(H,17,18). The highest BCUT2D eigenvalue weighted by Crippen LogP contribution is 2.31. The van der Waals surface area contributed by atoms with Crippen molar-refractivity contribution < 1.29 is 14.7 Å². The van der Waals surface area contributed by atoms with Crippen molar-refractivity contribution in [2.75, 3.05) is 13.6 Å². The third-order valence-corrected chi connectivity index (χ3v) is 4.20. The molecule has 1 fully saturated rings. The van der Waals surface area contributed by atoms with Crippen LogP contribution in [-0.2, 0) is 9.59 Å². The van der Waals surface area contributed by atoms with E-state index in [1.807, 2.05) is 0 Å². The summed E-state index contributed by atoms with van der Waals surface area (Å²) in [5.41, 5.74) is 0. The molecule has 1 rings (SSSR count). The third kappa shape index (κ3) is 5.62. The molecule has 0 aliphatic heterocycles. The van der Waals surface area contributed by atoms with E-state index in [4.69, 9.17) is 5.11 Å². The summed E-state index contributed by atoms with van der Waals surface area (Å²) < 4.78 is 0. The zero-order valence-electron chi connectivity index (χ0n) is 12.2. The number of rotatable bonds is 8. The summed E-state index contributed by atoms with van der Waals surface area (Å²) in [6, 6.07) is 0. The van der Waals surface area contributed by atoms with E-state index in [0.29, 0.717) is 13.0 Å². The van der Waals surface area contributed by atoms with Gasteiger partial charge in [0.1, 0.15) is 0 Å². The number of carboxylic acid groups (broad SMARTS) is 1. The van der Waals surface area contributed by atoms with Gasteiger partial charge in [-0.25, -0.2) is 0 Å². The average molecular weight is 269 g/mol. The first-order valence-electron chi connectivity index (χ1n) is 7.51. The van der Waals surface area contributed by atoms with Gasteiger partial charge >= 0.3 is 5.97 Å². The second-order valence-electron chi connectivity index (χ2n) is 5.75. The smallest absolute Gasteiger partial charge is 0.303 e. The first-order valence-corrected chi connectivity index (χ1v) is 7.51. The second-order valence-corrected chi connectivity index (χ2v) is 5.75. The Morgan fingerprint density at radius 2 is 1.95 bits per heavy atom. The zero-order valence-corrected chi connectivity index (χ0v) is 12.2. The summed E-state index contributed by atoms with van der Waals surface area (Å²) in [6.45, 7) is 2.62. The van der Waals surface area contributed by atoms with E-state index in [1.54, 1.807) is 11.9 Å². The lowest BCUT2D eigenvalue weighted by Gasteiger charge is -2.24. The van der Waals surface area contributed by atoms with Crippen LogP contribution in [0.25, 0.3) is 0 Å². The number of aliphatic carboxylic acids is 1. The molecular weight excluding hydrogens is 242 g/mol. The van der Waals surface area contributed by atoms with Gasteiger partial charge in [0.15, 0.2) is 0 Å². The number of carboxylic acids is 1. The van der Waals surface area contributed by atoms with E-state index in [9.17, 15) is 9.59 Å². The van der Waals surface area contributed by atoms with Crippen LogP contribution in [0.1, 0.15) is 58.3 Å². The molecule has 0 bridgehead atoms. The molecule has 0 spiro atoms. The fourth-order valence-electron chi connectivity index (χ4n) is 2.98. The number of hydrogen-bond donors (Lipinski definition) is 1. The molecule has 4 nitrogen and oxygen atoms in total. The highest BCUT2D eigenvalue weighted by Gasteiger charge is 2.25. The van der Waals surface area contributed by atoms with Crippen LogP contribution < -0.4 is 0 Å². The van der Waals surface area contributed by atoms with Crippen LogP contribution in [0.15, 0.2) is 0 Å². The van der Waals surface area contributed by atoms with E-state index in [0.717, 1.165) is 18.8 Å². The maximum Gasteiger partial charge on any atom is 0.303 e. The molecule has 0 aromatic heterocycles. The van der Waals surface area contributed by atoms with Crippen LogP contribution in [-0.4, -0.2) is 35.5 Å². The first kappa shape index (κ1) is 16.0. The Balaban J connectivity index is 2.36. The minimum absolute atomic E-state index is 0.123. The SMILES string of the molecule is CCC(CC1CCCC1)C(=O)N(C)CCCC(=O)O. The van der Waals surface area contributed by atoms with Crippen molar-refractivity contribution in [2.24, 2.45) is 11.8 Å². The quantitative estimate of drug-likeness (QED) is 0.737. The lowest BCUT2D eigenvalue weighted by molar-refractivity contribution is -0.139. The molecule has 1 aliphatic rings. The minimum Gasteiger partial charge on any atom is -0.481 e. The summed E-state index contributed by atoms with van der Waals surface area (Å²) in [5, 5.41) is 8.61. The summed E-state index contributed by atoms with van der Waals surface area (Å²) in [6.07, 6.45) is 7.73. The molecule has 110 valence electrons. The van der Waals surface area contributed by atoms with Crippen LogP contribution in [0, 0.1) is 11.8 Å². The van der Waals surface area contributed by atoms with Gasteiger partial charge in [0.25, 0.3) is 0 Å². The van der Waals surface area contributed by atoms with Crippen LogP contribution >= 0.6 is 0 Å². The van der Waals surface area contributed by atoms with Gasteiger partial charge in [0.05, 0.1) is 0 Å². The van der Waals surface area contributed by atoms with Gasteiger partial charge in [-0.2, -0.15) is 0 Å². The molecule has 0 aromatic rings. The fourth-order valence-corrected chi connectivity index (χ4v) is 2.98. The van der Waals surface area contributed by atoms with Crippen LogP contribution in [0.3, 0.4) is 0 Å². The average Bonchev–Trinajstić information content (AvgIpc) is 2.87. The minimum atomic E-state index is -0.793. The Hall–Kier alpha value is -1.06. The number of nitrogens with zero attached hydrogens (tertiary/aromatic N) is 1. The van der Waals surface area contributed by atoms with Crippen molar-refractivity contribution in [1.82, 2.24) is 4.90 Å². The highest BCUT2D eigenvalue weighted by molar-refractivity contribution is 5.78. The van der Waals surface area contributed by atoms with Gasteiger partial charge in [0.2, 0.25) is 5.91 Å². The molecular formula is C15H27NO3. The normalized spacial score (nSPS) is 17.4. The van der Waals surface area contributed by atoms with E-state index in [2.05, 4.69) is 6.92 Å². The molecule has 0 heterocycles. The van der Waals surface area contributed by atoms with Crippen molar-refractivity contribution in [1.29, 1.82) is 0 Å². The summed E-state index contributed by atoms with van der Waals surface area (Å²) in [4.78, 5) is 24.5. The fraction of sp³-hybridized carbons (Fsp3) is 0.867. The monoisotopic (exact) mass is 269 g/mol. The molecule has 0 radical (unpaired) electrons. The molecule has 1 unspecified atom stereocenters. The molecule has 1 atom stereocenters. The molecule has 0 aromatic carbocycles. The summed E-state index contributed by atoms with van der Waals surface area (Å²) in [7, 11) is 1.79. The Bertz CT molecular complexity index is 298. The maximum atomic E-state index is 12.3. The van der Waals surface area contributed by atoms with Crippen LogP contribution in [0.5, 0.6) is 0 Å². The molecule has 1 N–H and O–H groups in total. The number of carbonyl (C=O) groups is 2. The van der Waals surface area contributed by atoms with Crippen molar-refractivity contribution in [3.63, 3.8) is 0 Å². The van der Waals surface area contributed by atoms with E-state index >= 15 is 0 Å². The molecule has 1 aliphatic carbocycles. The van der Waals surface area contributed by atoms with E-state index < -0.39 is 5.97 Å². The lowest BCUT2D eigenvalue weighted by Crippen LogP contribution is -2.34. The van der Waals surface area contributed by atoms with Crippen LogP contribution in [0.4, 0.5) is 0 Å². The Kier molecular flexibility index (Phi) is 6.89. The summed E-state index contributed by atoms with van der Waals surface area (Å²) in [5.74, 6) is 0.248. The Labute approximate surface area is 116 Å². The zero-order chi connectivity index (χ0) is 14.3. The van der Waals surface area contributed by atoms with Gasteiger partial charge in [-0.3, -0.25) is 9.59 Å². The number of hydrogen-bond acceptors (Lipinski definition) is 2. The Morgan fingerprint density at radius 3 is 2.47 bits per heavy atom. The van der Waals surface area contributed by atoms with Crippen molar-refractivity contribution >= 4 is 11.9 Å². The highest BCUT2D eigenvalue weighted by atomic mass is 16.4. The van der Waals surface area contributed by atoms with Crippen LogP contribution in [0.2, 0.25) is 0 Å². The summed E-state index contributed by atoms with van der Waals surface area (Å²) >= 11 is 0. The van der Waals surface area contributed by atoms with Crippen molar-refractivity contribution in [2.45, 2.75) is 58.3 Å². The maximum absolute atomic E-state index is 12.3. The van der Waals surface area contributed by atoms with Crippen molar-refractivity contribution in [3.8, 4) is 0 Å². The third-order valence-electron chi connectivity index (χ3n) is 4.20. The number of carbonyl (C=O) groups excluding carboxylic acids is 1. The molecule has 4 heteroatoms. The van der Waals surface area contributed by atoms with Crippen molar-refractivity contribution in [3.05, 3.63) is 0 Å². The molecule has 1 saturated carbocycles. The van der Waals surface area contributed by atoms with E-state index in [1.165, 1.54) is 25.7 Å². The van der Waals surface area contributed by atoms with Gasteiger partial charge in [0, 0.05) is 25.9 Å². The topological polar surface area (TPSA) is 57.6 Å². The van der Waals surface area contributed by atoms with Gasteiger partial charge in [-0.15, -0.1) is 0 Å². The van der Waals surface area contributed by atoms with Gasteiger partial charge < -0.3 is 10.0 Å². The van der Waals surface area contributed by atoms with E-state index in [-0.39, 0.29) is 18.2 Å². The lowest BCUT2D eigenvalue weighted by atomic mass is 9.90. The number of amides is 1. The molecule has 19 heavy (non-hydrogen) atoms. The predicted octanol–water partition coefficient (Wildman–Crippen LogP) is 2.92.